The molecule has 0 spiro atoms. The van der Waals surface area contributed by atoms with E-state index < -0.39 is 0 Å². The lowest BCUT2D eigenvalue weighted by atomic mass is 10.1. The van der Waals surface area contributed by atoms with Crippen LogP contribution in [0.4, 0.5) is 0 Å². The summed E-state index contributed by atoms with van der Waals surface area (Å²) in [6.07, 6.45) is 1.88. The first kappa shape index (κ1) is 13.8. The fraction of sp³-hybridized carbons (Fsp3) is 0.188. The third-order valence-electron chi connectivity index (χ3n) is 3.07. The van der Waals surface area contributed by atoms with Crippen molar-refractivity contribution < 1.29 is 5.11 Å². The number of hydrogen-bond donors (Lipinski definition) is 1. The van der Waals surface area contributed by atoms with E-state index in [0.717, 1.165) is 16.4 Å². The third kappa shape index (κ3) is 3.02. The molecule has 0 fully saturated rings. The number of phenols is 1. The van der Waals surface area contributed by atoms with Gasteiger partial charge in [-0.3, -0.25) is 4.99 Å². The van der Waals surface area contributed by atoms with Crippen LogP contribution in [0.5, 0.6) is 5.75 Å². The highest BCUT2D eigenvalue weighted by Gasteiger charge is 2.09. The maximum Gasteiger partial charge on any atom is 0.126 e. The standard InChI is InChI=1S/C16H18NOP/c1-11-6-5-9-14(15(11)18)19-16-12(2)7-4-8-13(16)10-17-3/h4-10,18-19H,1-3H3. The van der Waals surface area contributed by atoms with Crippen molar-refractivity contribution in [2.24, 2.45) is 4.99 Å². The molecule has 19 heavy (non-hydrogen) atoms. The summed E-state index contributed by atoms with van der Waals surface area (Å²) in [6.45, 7) is 4.03. The number of aliphatic imine (C=N–C) groups is 1. The van der Waals surface area contributed by atoms with Crippen LogP contribution >= 0.6 is 8.58 Å². The zero-order valence-electron chi connectivity index (χ0n) is 11.4. The average molecular weight is 271 g/mol. The number of aryl methyl sites for hydroxylation is 2. The Labute approximate surface area is 116 Å². The van der Waals surface area contributed by atoms with Crippen molar-refractivity contribution in [3.05, 3.63) is 53.1 Å². The summed E-state index contributed by atoms with van der Waals surface area (Å²) < 4.78 is 0. The van der Waals surface area contributed by atoms with Gasteiger partial charge in [-0.05, 0) is 30.3 Å². The minimum Gasteiger partial charge on any atom is -0.507 e. The van der Waals surface area contributed by atoms with Crippen molar-refractivity contribution in [3.8, 4) is 5.75 Å². The average Bonchev–Trinajstić information content (AvgIpc) is 2.39. The second-order valence-electron chi connectivity index (χ2n) is 4.52. The SMILES string of the molecule is CN=Cc1cccc(C)c1Pc1cccc(C)c1O. The fourth-order valence-electron chi connectivity index (χ4n) is 2.00. The van der Waals surface area contributed by atoms with Gasteiger partial charge in [0.1, 0.15) is 5.75 Å². The summed E-state index contributed by atoms with van der Waals surface area (Å²) in [5.41, 5.74) is 3.28. The van der Waals surface area contributed by atoms with Gasteiger partial charge in [0.25, 0.3) is 0 Å². The van der Waals surface area contributed by atoms with Gasteiger partial charge in [0.15, 0.2) is 0 Å². The molecule has 0 saturated carbocycles. The van der Waals surface area contributed by atoms with Crippen molar-refractivity contribution >= 4 is 25.4 Å². The van der Waals surface area contributed by atoms with Crippen molar-refractivity contribution in [2.45, 2.75) is 13.8 Å². The van der Waals surface area contributed by atoms with Crippen LogP contribution in [-0.4, -0.2) is 18.4 Å². The predicted molar refractivity (Wildman–Crippen MR) is 85.1 cm³/mol. The molecule has 98 valence electrons. The van der Waals surface area contributed by atoms with E-state index in [1.54, 1.807) is 7.05 Å². The fourth-order valence-corrected chi connectivity index (χ4v) is 3.34. The van der Waals surface area contributed by atoms with Gasteiger partial charge >= 0.3 is 0 Å². The molecule has 0 bridgehead atoms. The van der Waals surface area contributed by atoms with Gasteiger partial charge in [-0.2, -0.15) is 0 Å². The summed E-state index contributed by atoms with van der Waals surface area (Å²) >= 11 is 0. The Bertz CT molecular complexity index is 620. The Hall–Kier alpha value is -1.66. The number of phenolic OH excluding ortho intramolecular Hbond substituents is 1. The zero-order valence-corrected chi connectivity index (χ0v) is 12.4. The molecular weight excluding hydrogens is 253 g/mol. The molecule has 0 heterocycles. The minimum atomic E-state index is 0.406. The lowest BCUT2D eigenvalue weighted by Gasteiger charge is -2.12. The Morgan fingerprint density at radius 2 is 1.74 bits per heavy atom. The molecule has 1 N–H and O–H groups in total. The van der Waals surface area contributed by atoms with Crippen LogP contribution in [-0.2, 0) is 0 Å². The normalized spacial score (nSPS) is 11.7. The van der Waals surface area contributed by atoms with Gasteiger partial charge < -0.3 is 5.11 Å². The van der Waals surface area contributed by atoms with E-state index in [1.807, 2.05) is 37.4 Å². The number of nitrogens with zero attached hydrogens (tertiary/aromatic N) is 1. The summed E-state index contributed by atoms with van der Waals surface area (Å²) in [7, 11) is 2.22. The lowest BCUT2D eigenvalue weighted by Crippen LogP contribution is -2.12. The lowest BCUT2D eigenvalue weighted by molar-refractivity contribution is 0.475. The van der Waals surface area contributed by atoms with E-state index >= 15 is 0 Å². The summed E-state index contributed by atoms with van der Waals surface area (Å²) in [6, 6.07) is 12.1. The first-order chi connectivity index (χ1) is 9.13. The Morgan fingerprint density at radius 3 is 2.47 bits per heavy atom. The highest BCUT2D eigenvalue weighted by molar-refractivity contribution is 7.56. The molecule has 0 amide bonds. The summed E-state index contributed by atoms with van der Waals surface area (Å²) in [5, 5.41) is 12.4. The van der Waals surface area contributed by atoms with Crippen molar-refractivity contribution in [1.82, 2.24) is 0 Å². The van der Waals surface area contributed by atoms with Gasteiger partial charge in [-0.25, -0.2) is 0 Å². The summed E-state index contributed by atoms with van der Waals surface area (Å²) in [4.78, 5) is 4.11. The van der Waals surface area contributed by atoms with E-state index in [4.69, 9.17) is 0 Å². The van der Waals surface area contributed by atoms with Crippen molar-refractivity contribution in [2.75, 3.05) is 7.05 Å². The number of benzene rings is 2. The molecule has 0 aliphatic carbocycles. The highest BCUT2D eigenvalue weighted by Crippen LogP contribution is 2.23. The Morgan fingerprint density at radius 1 is 1.05 bits per heavy atom. The van der Waals surface area contributed by atoms with E-state index in [9.17, 15) is 5.11 Å². The smallest absolute Gasteiger partial charge is 0.126 e. The largest absolute Gasteiger partial charge is 0.507 e. The number of hydrogen-bond acceptors (Lipinski definition) is 2. The van der Waals surface area contributed by atoms with Crippen LogP contribution in [0.15, 0.2) is 41.4 Å². The first-order valence-electron chi connectivity index (χ1n) is 6.21. The first-order valence-corrected chi connectivity index (χ1v) is 7.21. The monoisotopic (exact) mass is 271 g/mol. The van der Waals surface area contributed by atoms with Gasteiger partial charge in [0.05, 0.1) is 0 Å². The molecule has 0 aliphatic heterocycles. The van der Waals surface area contributed by atoms with Crippen molar-refractivity contribution in [1.29, 1.82) is 0 Å². The van der Waals surface area contributed by atoms with Crippen LogP contribution in [0.2, 0.25) is 0 Å². The Kier molecular flexibility index (Phi) is 4.34. The Balaban J connectivity index is 2.46. The number of aromatic hydroxyl groups is 1. The van der Waals surface area contributed by atoms with E-state index in [-0.39, 0.29) is 0 Å². The van der Waals surface area contributed by atoms with Gasteiger partial charge in [-0.1, -0.05) is 45.0 Å². The second-order valence-corrected chi connectivity index (χ2v) is 5.81. The number of rotatable bonds is 3. The second kappa shape index (κ2) is 5.99. The van der Waals surface area contributed by atoms with Gasteiger partial charge in [0, 0.05) is 24.1 Å². The molecule has 2 aromatic rings. The van der Waals surface area contributed by atoms with Crippen LogP contribution < -0.4 is 10.6 Å². The van der Waals surface area contributed by atoms with Crippen LogP contribution in [0, 0.1) is 13.8 Å². The van der Waals surface area contributed by atoms with Crippen molar-refractivity contribution in [3.63, 3.8) is 0 Å². The van der Waals surface area contributed by atoms with Crippen LogP contribution in [0.25, 0.3) is 0 Å². The molecule has 2 aromatic carbocycles. The molecule has 3 heteroatoms. The van der Waals surface area contributed by atoms with Crippen LogP contribution in [0.1, 0.15) is 16.7 Å². The number of para-hydroxylation sites is 1. The molecule has 2 rings (SSSR count). The van der Waals surface area contributed by atoms with Gasteiger partial charge in [-0.15, -0.1) is 0 Å². The van der Waals surface area contributed by atoms with E-state index in [1.165, 1.54) is 10.9 Å². The molecule has 0 saturated heterocycles. The topological polar surface area (TPSA) is 32.6 Å². The molecule has 2 nitrogen and oxygen atoms in total. The predicted octanol–water partition coefficient (Wildman–Crippen LogP) is 2.69. The quantitative estimate of drug-likeness (QED) is 0.675. The minimum absolute atomic E-state index is 0.406. The molecule has 0 aromatic heterocycles. The van der Waals surface area contributed by atoms with E-state index in [2.05, 4.69) is 24.0 Å². The molecule has 0 radical (unpaired) electrons. The maximum absolute atomic E-state index is 10.1. The highest BCUT2D eigenvalue weighted by atomic mass is 31.1. The summed E-state index contributed by atoms with van der Waals surface area (Å²) in [5.74, 6) is 0.406. The molecule has 1 atom stereocenters. The molecule has 1 unspecified atom stereocenters. The zero-order chi connectivity index (χ0) is 13.8. The van der Waals surface area contributed by atoms with Crippen LogP contribution in [0.3, 0.4) is 0 Å². The maximum atomic E-state index is 10.1. The van der Waals surface area contributed by atoms with E-state index in [0.29, 0.717) is 14.3 Å². The molecular formula is C16H18NOP. The molecule has 0 aliphatic rings. The van der Waals surface area contributed by atoms with Gasteiger partial charge in [0.2, 0.25) is 0 Å². The third-order valence-corrected chi connectivity index (χ3v) is 4.68.